The van der Waals surface area contributed by atoms with E-state index in [0.717, 1.165) is 34.8 Å². The number of rotatable bonds is 12. The number of halogens is 2. The normalized spacial score (nSPS) is 12.0. The molecular formula is C28H31ClFN3O4S. The fraction of sp³-hybridized carbons (Fsp3) is 0.286. The molecule has 0 unspecified atom stereocenters. The smallest absolute Gasteiger partial charge is 0.264 e. The van der Waals surface area contributed by atoms with Crippen molar-refractivity contribution in [2.24, 2.45) is 0 Å². The molecule has 0 aliphatic carbocycles. The van der Waals surface area contributed by atoms with E-state index in [2.05, 4.69) is 5.32 Å². The molecule has 0 spiro atoms. The lowest BCUT2D eigenvalue weighted by Gasteiger charge is -2.32. The highest BCUT2D eigenvalue weighted by Crippen LogP contribution is 2.28. The molecule has 202 valence electrons. The van der Waals surface area contributed by atoms with E-state index in [0.29, 0.717) is 6.54 Å². The van der Waals surface area contributed by atoms with Crippen LogP contribution in [0.4, 0.5) is 10.1 Å². The lowest BCUT2D eigenvalue weighted by molar-refractivity contribution is -0.139. The molecule has 0 aliphatic heterocycles. The molecule has 38 heavy (non-hydrogen) atoms. The molecule has 3 rings (SSSR count). The van der Waals surface area contributed by atoms with Crippen LogP contribution in [0.3, 0.4) is 0 Å². The van der Waals surface area contributed by atoms with Gasteiger partial charge in [-0.15, -0.1) is 0 Å². The van der Waals surface area contributed by atoms with Gasteiger partial charge in [-0.1, -0.05) is 73.5 Å². The second-order valence-electron chi connectivity index (χ2n) is 8.75. The SMILES string of the molecule is CCCCNC(=O)[C@H](C)N(Cc1ccccc1)C(=O)CN(c1ccc(F)c(Cl)c1)S(=O)(=O)c1ccccc1. The molecule has 0 aromatic heterocycles. The Hall–Kier alpha value is -3.43. The summed E-state index contributed by atoms with van der Waals surface area (Å²) >= 11 is 5.97. The van der Waals surface area contributed by atoms with Crippen LogP contribution in [0, 0.1) is 5.82 Å². The van der Waals surface area contributed by atoms with Gasteiger partial charge in [0, 0.05) is 13.1 Å². The third-order valence-corrected chi connectivity index (χ3v) is 8.07. The van der Waals surface area contributed by atoms with Crippen LogP contribution in [-0.2, 0) is 26.2 Å². The lowest BCUT2D eigenvalue weighted by atomic mass is 10.1. The van der Waals surface area contributed by atoms with Gasteiger partial charge < -0.3 is 10.2 Å². The zero-order valence-electron chi connectivity index (χ0n) is 21.3. The van der Waals surface area contributed by atoms with Crippen LogP contribution in [0.5, 0.6) is 0 Å². The number of carbonyl (C=O) groups is 2. The van der Waals surface area contributed by atoms with Crippen molar-refractivity contribution in [1.29, 1.82) is 0 Å². The van der Waals surface area contributed by atoms with Crippen LogP contribution in [0.2, 0.25) is 5.02 Å². The van der Waals surface area contributed by atoms with Gasteiger partial charge in [0.2, 0.25) is 11.8 Å². The van der Waals surface area contributed by atoms with Gasteiger partial charge in [-0.2, -0.15) is 0 Å². The third kappa shape index (κ3) is 7.33. The molecule has 7 nitrogen and oxygen atoms in total. The van der Waals surface area contributed by atoms with Gasteiger partial charge in [0.1, 0.15) is 18.4 Å². The van der Waals surface area contributed by atoms with E-state index >= 15 is 0 Å². The largest absolute Gasteiger partial charge is 0.354 e. The number of sulfonamides is 1. The van der Waals surface area contributed by atoms with E-state index in [9.17, 15) is 22.4 Å². The van der Waals surface area contributed by atoms with Gasteiger partial charge in [-0.3, -0.25) is 13.9 Å². The molecule has 10 heteroatoms. The standard InChI is InChI=1S/C28H31ClFN3O4S/c1-3-4-17-31-28(35)21(2)32(19-22-11-7-5-8-12-22)27(34)20-33(23-15-16-26(30)25(29)18-23)38(36,37)24-13-9-6-10-14-24/h5-16,18,21H,3-4,17,19-20H2,1-2H3,(H,31,35)/t21-/m0/s1. The van der Waals surface area contributed by atoms with Crippen molar-refractivity contribution >= 4 is 39.1 Å². The molecule has 2 amide bonds. The van der Waals surface area contributed by atoms with E-state index in [1.54, 1.807) is 25.1 Å². The van der Waals surface area contributed by atoms with E-state index in [1.807, 2.05) is 37.3 Å². The van der Waals surface area contributed by atoms with Crippen molar-refractivity contribution in [2.45, 2.75) is 44.2 Å². The number of nitrogens with zero attached hydrogens (tertiary/aromatic N) is 2. The number of unbranched alkanes of at least 4 members (excludes halogenated alkanes) is 1. The van der Waals surface area contributed by atoms with Crippen LogP contribution in [0.25, 0.3) is 0 Å². The molecule has 0 heterocycles. The summed E-state index contributed by atoms with van der Waals surface area (Å²) in [6, 6.07) is 19.3. The molecule has 0 saturated heterocycles. The monoisotopic (exact) mass is 559 g/mol. The molecule has 1 atom stereocenters. The number of carbonyl (C=O) groups excluding carboxylic acids is 2. The maximum atomic E-state index is 13.9. The van der Waals surface area contributed by atoms with E-state index in [4.69, 9.17) is 11.6 Å². The minimum atomic E-state index is -4.24. The Morgan fingerprint density at radius 1 is 1.00 bits per heavy atom. The first-order valence-corrected chi connectivity index (χ1v) is 14.1. The second-order valence-corrected chi connectivity index (χ2v) is 11.0. The molecular weight excluding hydrogens is 529 g/mol. The predicted octanol–water partition coefficient (Wildman–Crippen LogP) is 5.01. The number of hydrogen-bond acceptors (Lipinski definition) is 4. The summed E-state index contributed by atoms with van der Waals surface area (Å²) in [5.74, 6) is -1.67. The Bertz CT molecular complexity index is 1340. The third-order valence-electron chi connectivity index (χ3n) is 5.99. The maximum absolute atomic E-state index is 13.9. The summed E-state index contributed by atoms with van der Waals surface area (Å²) in [5.41, 5.74) is 0.796. The van der Waals surface area contributed by atoms with Gasteiger partial charge in [0.25, 0.3) is 10.0 Å². The first-order valence-electron chi connectivity index (χ1n) is 12.3. The number of hydrogen-bond donors (Lipinski definition) is 1. The van der Waals surface area contributed by atoms with Gasteiger partial charge in [0.05, 0.1) is 15.6 Å². The summed E-state index contributed by atoms with van der Waals surface area (Å²) in [7, 11) is -4.24. The zero-order chi connectivity index (χ0) is 27.7. The van der Waals surface area contributed by atoms with Gasteiger partial charge in [-0.25, -0.2) is 12.8 Å². The Kier molecular flexibility index (Phi) is 10.3. The van der Waals surface area contributed by atoms with Gasteiger partial charge in [0.15, 0.2) is 0 Å². The molecule has 3 aromatic rings. The van der Waals surface area contributed by atoms with Crippen molar-refractivity contribution in [3.05, 3.63) is 95.3 Å². The lowest BCUT2D eigenvalue weighted by Crippen LogP contribution is -2.51. The average molecular weight is 560 g/mol. The maximum Gasteiger partial charge on any atom is 0.264 e. The molecule has 0 radical (unpaired) electrons. The summed E-state index contributed by atoms with van der Waals surface area (Å²) < 4.78 is 42.1. The number of benzene rings is 3. The Morgan fingerprint density at radius 2 is 1.63 bits per heavy atom. The highest BCUT2D eigenvalue weighted by atomic mass is 35.5. The Balaban J connectivity index is 1.99. The van der Waals surface area contributed by atoms with Gasteiger partial charge >= 0.3 is 0 Å². The minimum absolute atomic E-state index is 0.0216. The fourth-order valence-electron chi connectivity index (χ4n) is 3.79. The number of anilines is 1. The first kappa shape index (κ1) is 29.1. The molecule has 0 aliphatic rings. The van der Waals surface area contributed by atoms with Crippen molar-refractivity contribution in [2.75, 3.05) is 17.4 Å². The summed E-state index contributed by atoms with van der Waals surface area (Å²) in [5, 5.41) is 2.55. The van der Waals surface area contributed by atoms with Crippen LogP contribution < -0.4 is 9.62 Å². The Labute approximate surface area is 228 Å². The van der Waals surface area contributed by atoms with Crippen molar-refractivity contribution in [3.63, 3.8) is 0 Å². The van der Waals surface area contributed by atoms with Crippen LogP contribution in [0.15, 0.2) is 83.8 Å². The van der Waals surface area contributed by atoms with Crippen molar-refractivity contribution in [1.82, 2.24) is 10.2 Å². The molecule has 0 fully saturated rings. The molecule has 3 aromatic carbocycles. The second kappa shape index (κ2) is 13.4. The summed E-state index contributed by atoms with van der Waals surface area (Å²) in [4.78, 5) is 28.0. The van der Waals surface area contributed by atoms with Gasteiger partial charge in [-0.05, 0) is 49.2 Å². The molecule has 0 bridgehead atoms. The predicted molar refractivity (Wildman–Crippen MR) is 147 cm³/mol. The van der Waals surface area contributed by atoms with Crippen LogP contribution in [0.1, 0.15) is 32.3 Å². The quantitative estimate of drug-likeness (QED) is 0.316. The van der Waals surface area contributed by atoms with Crippen molar-refractivity contribution in [3.8, 4) is 0 Å². The van der Waals surface area contributed by atoms with Crippen LogP contribution in [-0.4, -0.2) is 44.3 Å². The average Bonchev–Trinajstić information content (AvgIpc) is 2.92. The van der Waals surface area contributed by atoms with E-state index in [-0.39, 0.29) is 28.1 Å². The number of nitrogens with one attached hydrogen (secondary N) is 1. The van der Waals surface area contributed by atoms with E-state index < -0.39 is 34.3 Å². The molecule has 0 saturated carbocycles. The molecule has 1 N–H and O–H groups in total. The highest BCUT2D eigenvalue weighted by Gasteiger charge is 2.32. The summed E-state index contributed by atoms with van der Waals surface area (Å²) in [6.45, 7) is 3.54. The zero-order valence-corrected chi connectivity index (χ0v) is 22.9. The Morgan fingerprint density at radius 3 is 2.24 bits per heavy atom. The fourth-order valence-corrected chi connectivity index (χ4v) is 5.39. The topological polar surface area (TPSA) is 86.8 Å². The number of amides is 2. The summed E-state index contributed by atoms with van der Waals surface area (Å²) in [6.07, 6.45) is 1.69. The highest BCUT2D eigenvalue weighted by molar-refractivity contribution is 7.92. The van der Waals surface area contributed by atoms with E-state index in [1.165, 1.54) is 23.1 Å². The first-order chi connectivity index (χ1) is 18.1. The van der Waals surface area contributed by atoms with Crippen LogP contribution >= 0.6 is 11.6 Å². The van der Waals surface area contributed by atoms with Crippen molar-refractivity contribution < 1.29 is 22.4 Å². The minimum Gasteiger partial charge on any atom is -0.354 e.